The Morgan fingerprint density at radius 1 is 1.11 bits per heavy atom. The number of carbonyl (C=O) groups excluding carboxylic acids is 2. The average molecular weight is 402 g/mol. The van der Waals surface area contributed by atoms with Crippen molar-refractivity contribution in [2.45, 2.75) is 13.1 Å². The van der Waals surface area contributed by atoms with Gasteiger partial charge in [-0.05, 0) is 49.4 Å². The lowest BCUT2D eigenvalue weighted by Gasteiger charge is -2.12. The Hall–Kier alpha value is -2.74. The summed E-state index contributed by atoms with van der Waals surface area (Å²) >= 11 is 5.79. The van der Waals surface area contributed by atoms with Gasteiger partial charge in [0.05, 0.1) is 28.4 Å². The summed E-state index contributed by atoms with van der Waals surface area (Å²) in [6.07, 6.45) is -4.58. The lowest BCUT2D eigenvalue weighted by Crippen LogP contribution is -2.21. The van der Waals surface area contributed by atoms with E-state index in [1.165, 1.54) is 12.1 Å². The summed E-state index contributed by atoms with van der Waals surface area (Å²) in [7, 11) is 0. The van der Waals surface area contributed by atoms with Crippen molar-refractivity contribution in [2.24, 2.45) is 0 Å². The largest absolute Gasteiger partial charge is 0.494 e. The summed E-state index contributed by atoms with van der Waals surface area (Å²) in [5.74, 6) is -1.01. The SMILES string of the molecule is CCOc1ccc(C(=O)OCC(=O)Nc2cc(C(F)(F)F)ccc2Cl)cc1. The van der Waals surface area contributed by atoms with E-state index in [1.807, 2.05) is 6.92 Å². The molecule has 144 valence electrons. The Labute approximate surface area is 158 Å². The zero-order chi connectivity index (χ0) is 20.0. The topological polar surface area (TPSA) is 64.6 Å². The van der Waals surface area contributed by atoms with Crippen LogP contribution in [0.4, 0.5) is 18.9 Å². The molecule has 0 spiro atoms. The number of esters is 1. The summed E-state index contributed by atoms with van der Waals surface area (Å²) in [4.78, 5) is 23.8. The molecule has 0 aliphatic rings. The van der Waals surface area contributed by atoms with Crippen molar-refractivity contribution in [1.29, 1.82) is 0 Å². The number of benzene rings is 2. The molecule has 0 saturated carbocycles. The van der Waals surface area contributed by atoms with Crippen molar-refractivity contribution in [2.75, 3.05) is 18.5 Å². The summed E-state index contributed by atoms with van der Waals surface area (Å²) in [5, 5.41) is 2.11. The first-order chi connectivity index (χ1) is 12.7. The minimum Gasteiger partial charge on any atom is -0.494 e. The molecule has 0 saturated heterocycles. The molecule has 2 rings (SSSR count). The van der Waals surface area contributed by atoms with Gasteiger partial charge in [-0.3, -0.25) is 4.79 Å². The molecule has 0 radical (unpaired) electrons. The van der Waals surface area contributed by atoms with E-state index in [2.05, 4.69) is 5.32 Å². The quantitative estimate of drug-likeness (QED) is 0.721. The lowest BCUT2D eigenvalue weighted by molar-refractivity contribution is -0.137. The Morgan fingerprint density at radius 3 is 2.37 bits per heavy atom. The standard InChI is InChI=1S/C18H15ClF3NO4/c1-2-26-13-6-3-11(4-7-13)17(25)27-10-16(24)23-15-9-12(18(20,21)22)5-8-14(15)19/h3-9H,2,10H2,1H3,(H,23,24). The van der Waals surface area contributed by atoms with E-state index in [9.17, 15) is 22.8 Å². The number of halogens is 4. The normalized spacial score (nSPS) is 11.0. The molecular weight excluding hydrogens is 387 g/mol. The zero-order valence-electron chi connectivity index (χ0n) is 14.1. The van der Waals surface area contributed by atoms with Crippen molar-refractivity contribution in [3.05, 3.63) is 58.6 Å². The van der Waals surface area contributed by atoms with Gasteiger partial charge in [0, 0.05) is 0 Å². The molecule has 0 aliphatic carbocycles. The van der Waals surface area contributed by atoms with Crippen molar-refractivity contribution in [1.82, 2.24) is 0 Å². The van der Waals surface area contributed by atoms with Crippen LogP contribution >= 0.6 is 11.6 Å². The molecule has 9 heteroatoms. The van der Waals surface area contributed by atoms with Crippen LogP contribution < -0.4 is 10.1 Å². The number of anilines is 1. The van der Waals surface area contributed by atoms with Gasteiger partial charge >= 0.3 is 12.1 Å². The number of hydrogen-bond acceptors (Lipinski definition) is 4. The lowest BCUT2D eigenvalue weighted by atomic mass is 10.2. The number of ether oxygens (including phenoxy) is 2. The van der Waals surface area contributed by atoms with Gasteiger partial charge in [-0.1, -0.05) is 11.6 Å². The molecule has 0 aliphatic heterocycles. The van der Waals surface area contributed by atoms with E-state index >= 15 is 0 Å². The van der Waals surface area contributed by atoms with Crippen LogP contribution in [0.3, 0.4) is 0 Å². The number of alkyl halides is 3. The Balaban J connectivity index is 1.95. The van der Waals surface area contributed by atoms with Crippen LogP contribution in [0.15, 0.2) is 42.5 Å². The predicted molar refractivity (Wildman–Crippen MR) is 93.0 cm³/mol. The van der Waals surface area contributed by atoms with Gasteiger partial charge in [0.2, 0.25) is 0 Å². The molecule has 0 bridgehead atoms. The fourth-order valence-corrected chi connectivity index (χ4v) is 2.22. The molecular formula is C18H15ClF3NO4. The van der Waals surface area contributed by atoms with Gasteiger partial charge in [0.15, 0.2) is 6.61 Å². The van der Waals surface area contributed by atoms with Gasteiger partial charge in [-0.25, -0.2) is 4.79 Å². The molecule has 0 aromatic heterocycles. The number of rotatable bonds is 6. The summed E-state index contributed by atoms with van der Waals surface area (Å²) in [6.45, 7) is 1.61. The van der Waals surface area contributed by atoms with E-state index in [1.54, 1.807) is 12.1 Å². The van der Waals surface area contributed by atoms with E-state index in [-0.39, 0.29) is 16.3 Å². The fraction of sp³-hybridized carbons (Fsp3) is 0.222. The van der Waals surface area contributed by atoms with Crippen LogP contribution in [0.25, 0.3) is 0 Å². The van der Waals surface area contributed by atoms with E-state index in [0.717, 1.165) is 12.1 Å². The maximum Gasteiger partial charge on any atom is 0.416 e. The van der Waals surface area contributed by atoms with E-state index in [4.69, 9.17) is 21.1 Å². The van der Waals surface area contributed by atoms with E-state index < -0.39 is 30.2 Å². The first-order valence-corrected chi connectivity index (χ1v) is 8.15. The van der Waals surface area contributed by atoms with Crippen molar-refractivity contribution >= 4 is 29.2 Å². The summed E-state index contributed by atoms with van der Waals surface area (Å²) < 4.78 is 48.2. The number of amides is 1. The third kappa shape index (κ3) is 5.89. The molecule has 2 aromatic carbocycles. The van der Waals surface area contributed by atoms with Gasteiger partial charge in [-0.2, -0.15) is 13.2 Å². The minimum absolute atomic E-state index is 0.0748. The van der Waals surface area contributed by atoms with Gasteiger partial charge < -0.3 is 14.8 Å². The number of carbonyl (C=O) groups is 2. The smallest absolute Gasteiger partial charge is 0.416 e. The zero-order valence-corrected chi connectivity index (χ0v) is 14.9. The summed E-state index contributed by atoms with van der Waals surface area (Å²) in [5.41, 5.74) is -0.995. The Morgan fingerprint density at radius 2 is 1.78 bits per heavy atom. The van der Waals surface area contributed by atoms with Crippen LogP contribution in [0.2, 0.25) is 5.02 Å². The Bertz CT molecular complexity index is 822. The van der Waals surface area contributed by atoms with Gasteiger partial charge in [0.1, 0.15) is 5.75 Å². The minimum atomic E-state index is -4.58. The third-order valence-corrected chi connectivity index (χ3v) is 3.63. The monoisotopic (exact) mass is 401 g/mol. The molecule has 0 atom stereocenters. The second-order valence-corrected chi connectivity index (χ2v) is 5.68. The highest BCUT2D eigenvalue weighted by atomic mass is 35.5. The van der Waals surface area contributed by atoms with Crippen molar-refractivity contribution in [3.63, 3.8) is 0 Å². The molecule has 0 heterocycles. The third-order valence-electron chi connectivity index (χ3n) is 3.30. The first kappa shape index (κ1) is 20.6. The highest BCUT2D eigenvalue weighted by Crippen LogP contribution is 2.33. The second kappa shape index (κ2) is 8.77. The van der Waals surface area contributed by atoms with Crippen molar-refractivity contribution < 1.29 is 32.2 Å². The van der Waals surface area contributed by atoms with Crippen LogP contribution in [-0.4, -0.2) is 25.1 Å². The molecule has 0 unspecified atom stereocenters. The molecule has 0 fully saturated rings. The number of hydrogen-bond donors (Lipinski definition) is 1. The first-order valence-electron chi connectivity index (χ1n) is 7.77. The fourth-order valence-electron chi connectivity index (χ4n) is 2.05. The van der Waals surface area contributed by atoms with Gasteiger partial charge in [0.25, 0.3) is 5.91 Å². The van der Waals surface area contributed by atoms with Crippen LogP contribution in [0.1, 0.15) is 22.8 Å². The average Bonchev–Trinajstić information content (AvgIpc) is 2.61. The molecule has 1 N–H and O–H groups in total. The highest BCUT2D eigenvalue weighted by molar-refractivity contribution is 6.33. The second-order valence-electron chi connectivity index (χ2n) is 5.27. The molecule has 5 nitrogen and oxygen atoms in total. The number of nitrogens with one attached hydrogen (secondary N) is 1. The van der Waals surface area contributed by atoms with Crippen LogP contribution in [0, 0.1) is 0 Å². The summed E-state index contributed by atoms with van der Waals surface area (Å²) in [6, 6.07) is 8.60. The van der Waals surface area contributed by atoms with Gasteiger partial charge in [-0.15, -0.1) is 0 Å². The van der Waals surface area contributed by atoms with Crippen LogP contribution in [0.5, 0.6) is 5.75 Å². The Kier molecular flexibility index (Phi) is 6.68. The van der Waals surface area contributed by atoms with E-state index in [0.29, 0.717) is 18.4 Å². The predicted octanol–water partition coefficient (Wildman–Crippen LogP) is 4.55. The highest BCUT2D eigenvalue weighted by Gasteiger charge is 2.31. The molecule has 2 aromatic rings. The molecule has 27 heavy (non-hydrogen) atoms. The van der Waals surface area contributed by atoms with Crippen LogP contribution in [-0.2, 0) is 15.7 Å². The maximum atomic E-state index is 12.7. The maximum absolute atomic E-state index is 12.7. The molecule has 1 amide bonds. The van der Waals surface area contributed by atoms with Crippen molar-refractivity contribution in [3.8, 4) is 5.75 Å².